The van der Waals surface area contributed by atoms with Gasteiger partial charge in [0.25, 0.3) is 0 Å². The summed E-state index contributed by atoms with van der Waals surface area (Å²) in [6.45, 7) is 7.95. The molecule has 0 saturated carbocycles. The third-order valence-electron chi connectivity index (χ3n) is 3.39. The van der Waals surface area contributed by atoms with Gasteiger partial charge in [-0.25, -0.2) is 4.98 Å². The molecule has 2 aromatic heterocycles. The van der Waals surface area contributed by atoms with Crippen molar-refractivity contribution < 1.29 is 0 Å². The Hall–Kier alpha value is -1.33. The Morgan fingerprint density at radius 2 is 2.20 bits per heavy atom. The van der Waals surface area contributed by atoms with E-state index in [1.807, 2.05) is 10.9 Å². The minimum absolute atomic E-state index is 0.124. The van der Waals surface area contributed by atoms with Gasteiger partial charge in [-0.05, 0) is 19.9 Å². The second-order valence-electron chi connectivity index (χ2n) is 4.67. The fraction of sp³-hybridized carbons (Fsp3) is 0.571. The number of rotatable bonds is 7. The lowest BCUT2D eigenvalue weighted by Crippen LogP contribution is -2.25. The maximum Gasteiger partial charge on any atom is 0.123 e. The zero-order valence-corrected chi connectivity index (χ0v) is 13.0. The molecule has 20 heavy (non-hydrogen) atoms. The molecule has 0 radical (unpaired) electrons. The first kappa shape index (κ1) is 15.1. The molecule has 1 unspecified atom stereocenters. The topological polar surface area (TPSA) is 58.5 Å². The molecule has 2 aromatic rings. The van der Waals surface area contributed by atoms with E-state index in [-0.39, 0.29) is 6.04 Å². The molecule has 0 bridgehead atoms. The third kappa shape index (κ3) is 3.04. The SMILES string of the molecule is CCNC(Cc1c(Cl)c(CC)nn1CC)c1ncc[nH]1. The van der Waals surface area contributed by atoms with Crippen molar-refractivity contribution in [1.82, 2.24) is 25.1 Å². The molecule has 0 amide bonds. The molecule has 0 aliphatic heterocycles. The fourth-order valence-electron chi connectivity index (χ4n) is 2.39. The van der Waals surface area contributed by atoms with Gasteiger partial charge < -0.3 is 10.3 Å². The largest absolute Gasteiger partial charge is 0.347 e. The number of H-pyrrole nitrogens is 1. The van der Waals surface area contributed by atoms with Gasteiger partial charge in [-0.2, -0.15) is 5.10 Å². The normalized spacial score (nSPS) is 12.8. The molecule has 0 fully saturated rings. The second kappa shape index (κ2) is 6.90. The summed E-state index contributed by atoms with van der Waals surface area (Å²) >= 11 is 6.47. The van der Waals surface area contributed by atoms with Gasteiger partial charge >= 0.3 is 0 Å². The zero-order chi connectivity index (χ0) is 14.5. The van der Waals surface area contributed by atoms with Crippen LogP contribution in [0.4, 0.5) is 0 Å². The summed E-state index contributed by atoms with van der Waals surface area (Å²) in [7, 11) is 0. The Labute approximate surface area is 124 Å². The van der Waals surface area contributed by atoms with Crippen LogP contribution in [0.25, 0.3) is 0 Å². The highest BCUT2D eigenvalue weighted by Crippen LogP contribution is 2.26. The number of aromatic nitrogens is 4. The monoisotopic (exact) mass is 295 g/mol. The van der Waals surface area contributed by atoms with E-state index in [1.165, 1.54) is 0 Å². The van der Waals surface area contributed by atoms with E-state index in [2.05, 4.69) is 41.2 Å². The molecule has 1 atom stereocenters. The summed E-state index contributed by atoms with van der Waals surface area (Å²) in [5.41, 5.74) is 2.05. The van der Waals surface area contributed by atoms with E-state index in [4.69, 9.17) is 11.6 Å². The van der Waals surface area contributed by atoms with E-state index < -0.39 is 0 Å². The Morgan fingerprint density at radius 3 is 2.75 bits per heavy atom. The molecule has 2 N–H and O–H groups in total. The number of aryl methyl sites for hydroxylation is 2. The Kier molecular flexibility index (Phi) is 5.20. The number of hydrogen-bond acceptors (Lipinski definition) is 3. The van der Waals surface area contributed by atoms with Gasteiger partial charge in [-0.3, -0.25) is 4.68 Å². The quantitative estimate of drug-likeness (QED) is 0.826. The van der Waals surface area contributed by atoms with Crippen LogP contribution in [0, 0.1) is 0 Å². The molecule has 0 aromatic carbocycles. The smallest absolute Gasteiger partial charge is 0.123 e. The molecule has 5 nitrogen and oxygen atoms in total. The summed E-state index contributed by atoms with van der Waals surface area (Å²) < 4.78 is 1.99. The van der Waals surface area contributed by atoms with Crippen molar-refractivity contribution in [3.05, 3.63) is 34.6 Å². The molecule has 110 valence electrons. The second-order valence-corrected chi connectivity index (χ2v) is 5.04. The average Bonchev–Trinajstić information content (AvgIpc) is 3.07. The highest BCUT2D eigenvalue weighted by molar-refractivity contribution is 6.31. The Morgan fingerprint density at radius 1 is 1.40 bits per heavy atom. The van der Waals surface area contributed by atoms with Crippen molar-refractivity contribution in [2.45, 2.75) is 46.2 Å². The van der Waals surface area contributed by atoms with Crippen LogP contribution in [0.15, 0.2) is 12.4 Å². The number of aromatic amines is 1. The maximum absolute atomic E-state index is 6.47. The standard InChI is InChI=1S/C14H22ClN5/c1-4-10-13(15)12(20(6-3)19-10)9-11(16-5-2)14-17-7-8-18-14/h7-8,11,16H,4-6,9H2,1-3H3,(H,17,18). The molecule has 0 saturated heterocycles. The number of likely N-dealkylation sites (N-methyl/N-ethyl adjacent to an activating group) is 1. The minimum Gasteiger partial charge on any atom is -0.347 e. The van der Waals surface area contributed by atoms with Crippen LogP contribution in [0.1, 0.15) is 44.0 Å². The van der Waals surface area contributed by atoms with Crippen molar-refractivity contribution in [2.24, 2.45) is 0 Å². The van der Waals surface area contributed by atoms with Crippen molar-refractivity contribution in [3.63, 3.8) is 0 Å². The van der Waals surface area contributed by atoms with Crippen LogP contribution in [0.2, 0.25) is 5.02 Å². The van der Waals surface area contributed by atoms with Crippen LogP contribution in [-0.2, 0) is 19.4 Å². The summed E-state index contributed by atoms with van der Waals surface area (Å²) in [6, 6.07) is 0.124. The summed E-state index contributed by atoms with van der Waals surface area (Å²) in [5.74, 6) is 0.935. The van der Waals surface area contributed by atoms with Gasteiger partial charge in [-0.15, -0.1) is 0 Å². The predicted molar refractivity (Wildman–Crippen MR) is 81.0 cm³/mol. The highest BCUT2D eigenvalue weighted by atomic mass is 35.5. The van der Waals surface area contributed by atoms with E-state index in [1.54, 1.807) is 6.20 Å². The first-order valence-corrected chi connectivity index (χ1v) is 7.55. The van der Waals surface area contributed by atoms with Gasteiger partial charge in [0.2, 0.25) is 0 Å². The lowest BCUT2D eigenvalue weighted by molar-refractivity contribution is 0.498. The van der Waals surface area contributed by atoms with Gasteiger partial charge in [-0.1, -0.05) is 25.4 Å². The van der Waals surface area contributed by atoms with Crippen molar-refractivity contribution in [3.8, 4) is 0 Å². The molecule has 0 spiro atoms. The van der Waals surface area contributed by atoms with Gasteiger partial charge in [0.05, 0.1) is 22.5 Å². The summed E-state index contributed by atoms with van der Waals surface area (Å²) in [4.78, 5) is 7.53. The van der Waals surface area contributed by atoms with Crippen LogP contribution in [0.5, 0.6) is 0 Å². The minimum atomic E-state index is 0.124. The molecular weight excluding hydrogens is 274 g/mol. The lowest BCUT2D eigenvalue weighted by atomic mass is 10.1. The highest BCUT2D eigenvalue weighted by Gasteiger charge is 2.20. The predicted octanol–water partition coefficient (Wildman–Crippen LogP) is 2.74. The molecule has 0 aliphatic carbocycles. The summed E-state index contributed by atoms with van der Waals surface area (Å²) in [6.07, 6.45) is 5.25. The average molecular weight is 296 g/mol. The van der Waals surface area contributed by atoms with Crippen LogP contribution >= 0.6 is 11.6 Å². The number of hydrogen-bond donors (Lipinski definition) is 2. The van der Waals surface area contributed by atoms with Gasteiger partial charge in [0.15, 0.2) is 0 Å². The molecule has 2 heterocycles. The van der Waals surface area contributed by atoms with Crippen LogP contribution in [-0.4, -0.2) is 26.3 Å². The Bertz CT molecular complexity index is 532. The third-order valence-corrected chi connectivity index (χ3v) is 3.83. The van der Waals surface area contributed by atoms with Crippen molar-refractivity contribution in [2.75, 3.05) is 6.54 Å². The van der Waals surface area contributed by atoms with E-state index >= 15 is 0 Å². The van der Waals surface area contributed by atoms with Gasteiger partial charge in [0, 0.05) is 25.4 Å². The number of halogens is 1. The zero-order valence-electron chi connectivity index (χ0n) is 12.3. The number of imidazole rings is 1. The number of nitrogens with zero attached hydrogens (tertiary/aromatic N) is 3. The maximum atomic E-state index is 6.47. The molecular formula is C14H22ClN5. The molecule has 0 aliphatic rings. The first-order chi connectivity index (χ1) is 9.71. The Balaban J connectivity index is 2.28. The van der Waals surface area contributed by atoms with E-state index in [0.717, 1.165) is 48.2 Å². The van der Waals surface area contributed by atoms with Crippen LogP contribution in [0.3, 0.4) is 0 Å². The van der Waals surface area contributed by atoms with Crippen molar-refractivity contribution >= 4 is 11.6 Å². The molecule has 2 rings (SSSR count). The summed E-state index contributed by atoms with van der Waals surface area (Å²) in [5, 5.41) is 8.81. The lowest BCUT2D eigenvalue weighted by Gasteiger charge is -2.16. The van der Waals surface area contributed by atoms with E-state index in [9.17, 15) is 0 Å². The number of nitrogens with one attached hydrogen (secondary N) is 2. The van der Waals surface area contributed by atoms with Crippen LogP contribution < -0.4 is 5.32 Å². The van der Waals surface area contributed by atoms with Crippen molar-refractivity contribution in [1.29, 1.82) is 0 Å². The fourth-order valence-corrected chi connectivity index (χ4v) is 2.73. The van der Waals surface area contributed by atoms with Gasteiger partial charge in [0.1, 0.15) is 5.82 Å². The van der Waals surface area contributed by atoms with E-state index in [0.29, 0.717) is 0 Å². The first-order valence-electron chi connectivity index (χ1n) is 7.17. The molecule has 6 heteroatoms.